The Balaban J connectivity index is 1.95. The van der Waals surface area contributed by atoms with E-state index in [1.807, 2.05) is 43.1 Å². The van der Waals surface area contributed by atoms with E-state index in [-0.39, 0.29) is 17.5 Å². The van der Waals surface area contributed by atoms with Crippen LogP contribution >= 0.6 is 11.6 Å². The van der Waals surface area contributed by atoms with Crippen LogP contribution in [-0.4, -0.2) is 47.6 Å². The highest BCUT2D eigenvalue weighted by Crippen LogP contribution is 2.32. The Morgan fingerprint density at radius 1 is 1.33 bits per heavy atom. The Kier molecular flexibility index (Phi) is 3.47. The van der Waals surface area contributed by atoms with Crippen LogP contribution in [0.2, 0.25) is 5.02 Å². The van der Waals surface area contributed by atoms with Crippen LogP contribution in [0.4, 0.5) is 5.82 Å². The molecule has 1 aromatic carbocycles. The van der Waals surface area contributed by atoms with Crippen LogP contribution in [0.1, 0.15) is 12.1 Å². The summed E-state index contributed by atoms with van der Waals surface area (Å²) in [5.74, 6) is 1.13. The van der Waals surface area contributed by atoms with Gasteiger partial charge in [0.1, 0.15) is 10.8 Å². The molecule has 0 radical (unpaired) electrons. The maximum Gasteiger partial charge on any atom is 0.176 e. The largest absolute Gasteiger partial charge is 0.355 e. The number of rotatable bonds is 2. The molecule has 1 atom stereocenters. The molecule has 3 aromatic rings. The Morgan fingerprint density at radius 3 is 2.79 bits per heavy atom. The Bertz CT molecular complexity index is 1060. The van der Waals surface area contributed by atoms with Crippen LogP contribution in [0.15, 0.2) is 24.3 Å². The van der Waals surface area contributed by atoms with Crippen molar-refractivity contribution in [2.45, 2.75) is 19.4 Å². The van der Waals surface area contributed by atoms with E-state index in [4.69, 9.17) is 16.6 Å². The van der Waals surface area contributed by atoms with E-state index in [0.29, 0.717) is 17.1 Å². The quantitative estimate of drug-likeness (QED) is 0.698. The van der Waals surface area contributed by atoms with Gasteiger partial charge < -0.3 is 4.90 Å². The summed E-state index contributed by atoms with van der Waals surface area (Å²) in [4.78, 5) is 6.68. The van der Waals surface area contributed by atoms with Crippen LogP contribution in [0.5, 0.6) is 0 Å². The lowest BCUT2D eigenvalue weighted by Gasteiger charge is -2.26. The van der Waals surface area contributed by atoms with Crippen LogP contribution < -0.4 is 4.90 Å². The molecule has 0 unspecified atom stereocenters. The third kappa shape index (κ3) is 2.34. The normalized spacial score (nSPS) is 20.0. The van der Waals surface area contributed by atoms with Gasteiger partial charge in [0.2, 0.25) is 0 Å². The lowest BCUT2D eigenvalue weighted by atomic mass is 10.2. The summed E-state index contributed by atoms with van der Waals surface area (Å²) in [7, 11) is -1.06. The van der Waals surface area contributed by atoms with Crippen LogP contribution in [0.3, 0.4) is 0 Å². The van der Waals surface area contributed by atoms with Crippen molar-refractivity contribution in [2.75, 3.05) is 23.5 Å². The highest BCUT2D eigenvalue weighted by atomic mass is 35.5. The summed E-state index contributed by atoms with van der Waals surface area (Å²) < 4.78 is 25.4. The van der Waals surface area contributed by atoms with Crippen molar-refractivity contribution in [1.29, 1.82) is 0 Å². The number of hydrogen-bond donors (Lipinski definition) is 0. The van der Waals surface area contributed by atoms with Gasteiger partial charge >= 0.3 is 0 Å². The number of halogens is 1. The first-order chi connectivity index (χ1) is 11.4. The van der Waals surface area contributed by atoms with Crippen LogP contribution in [0.25, 0.3) is 16.6 Å². The molecule has 126 valence electrons. The number of aryl methyl sites for hydroxylation is 1. The van der Waals surface area contributed by atoms with Crippen molar-refractivity contribution in [2.24, 2.45) is 0 Å². The molecule has 6 nitrogen and oxygen atoms in total. The van der Waals surface area contributed by atoms with Gasteiger partial charge in [-0.3, -0.25) is 0 Å². The van der Waals surface area contributed by atoms with Gasteiger partial charge in [-0.1, -0.05) is 23.7 Å². The maximum absolute atomic E-state index is 11.8. The summed E-state index contributed by atoms with van der Waals surface area (Å²) in [6.45, 7) is 1.85. The molecule has 1 aliphatic heterocycles. The number of benzene rings is 1. The van der Waals surface area contributed by atoms with E-state index >= 15 is 0 Å². The van der Waals surface area contributed by atoms with E-state index in [2.05, 4.69) is 5.10 Å². The molecule has 3 heterocycles. The molecule has 8 heteroatoms. The molecular weight excluding hydrogens is 348 g/mol. The summed E-state index contributed by atoms with van der Waals surface area (Å²) in [6.07, 6.45) is 0.617. The Morgan fingerprint density at radius 2 is 2.08 bits per heavy atom. The minimum absolute atomic E-state index is 0.0730. The second kappa shape index (κ2) is 5.32. The van der Waals surface area contributed by atoms with Crippen molar-refractivity contribution in [1.82, 2.24) is 14.6 Å². The third-order valence-corrected chi connectivity index (χ3v) is 6.83. The fourth-order valence-corrected chi connectivity index (χ4v) is 5.23. The molecule has 0 saturated carbocycles. The number of hydrogen-bond acceptors (Lipinski definition) is 5. The lowest BCUT2D eigenvalue weighted by molar-refractivity contribution is 0.600. The van der Waals surface area contributed by atoms with Gasteiger partial charge in [0.15, 0.2) is 15.5 Å². The zero-order valence-electron chi connectivity index (χ0n) is 13.4. The lowest BCUT2D eigenvalue weighted by Crippen LogP contribution is -2.33. The molecule has 1 aliphatic rings. The van der Waals surface area contributed by atoms with Crippen molar-refractivity contribution in [3.63, 3.8) is 0 Å². The van der Waals surface area contributed by atoms with Gasteiger partial charge in [-0.05, 0) is 25.5 Å². The van der Waals surface area contributed by atoms with Crippen molar-refractivity contribution in [3.8, 4) is 0 Å². The first-order valence-electron chi connectivity index (χ1n) is 7.74. The topological polar surface area (TPSA) is 67.6 Å². The summed E-state index contributed by atoms with van der Waals surface area (Å²) in [5.41, 5.74) is 2.22. The number of nitrogens with zero attached hydrogens (tertiary/aromatic N) is 4. The van der Waals surface area contributed by atoms with Crippen LogP contribution in [0, 0.1) is 6.92 Å². The SMILES string of the molecule is Cc1nn2c(nc(N(C)[C@@H]3CCS(=O)(=O)C3)c3ccccc32)c1Cl. The Hall–Kier alpha value is -1.86. The standard InChI is InChI=1S/C16H17ClN4O2S/c1-10-14(17)16-18-15(20(2)11-7-8-24(22,23)9-11)12-5-3-4-6-13(12)21(16)19-10/h3-6,11H,7-9H2,1-2H3/t11-/m1/s1. The highest BCUT2D eigenvalue weighted by molar-refractivity contribution is 7.91. The molecule has 0 N–H and O–H groups in total. The van der Waals surface area contributed by atoms with E-state index in [9.17, 15) is 8.42 Å². The third-order valence-electron chi connectivity index (χ3n) is 4.64. The van der Waals surface area contributed by atoms with Crippen molar-refractivity contribution < 1.29 is 8.42 Å². The summed E-state index contributed by atoms with van der Waals surface area (Å²) in [5, 5.41) is 5.92. The fraction of sp³-hybridized carbons (Fsp3) is 0.375. The fourth-order valence-electron chi connectivity index (χ4n) is 3.29. The number of aromatic nitrogens is 3. The zero-order chi connectivity index (χ0) is 17.1. The molecule has 0 amide bonds. The molecule has 1 fully saturated rings. The molecule has 0 bridgehead atoms. The monoisotopic (exact) mass is 364 g/mol. The van der Waals surface area contributed by atoms with Gasteiger partial charge in [0, 0.05) is 18.5 Å². The predicted molar refractivity (Wildman–Crippen MR) is 95.7 cm³/mol. The minimum Gasteiger partial charge on any atom is -0.355 e. The Labute approximate surface area is 145 Å². The molecule has 24 heavy (non-hydrogen) atoms. The van der Waals surface area contributed by atoms with Gasteiger partial charge in [-0.2, -0.15) is 5.10 Å². The second-order valence-electron chi connectivity index (χ2n) is 6.26. The first kappa shape index (κ1) is 15.7. The van der Waals surface area contributed by atoms with Crippen molar-refractivity contribution >= 4 is 43.8 Å². The van der Waals surface area contributed by atoms with E-state index in [1.165, 1.54) is 0 Å². The smallest absolute Gasteiger partial charge is 0.176 e. The van der Waals surface area contributed by atoms with E-state index < -0.39 is 9.84 Å². The predicted octanol–water partition coefficient (Wildman–Crippen LogP) is 2.47. The number of para-hydroxylation sites is 1. The second-order valence-corrected chi connectivity index (χ2v) is 8.86. The summed E-state index contributed by atoms with van der Waals surface area (Å²) >= 11 is 6.36. The van der Waals surface area contributed by atoms with Crippen molar-refractivity contribution in [3.05, 3.63) is 35.0 Å². The molecule has 0 spiro atoms. The van der Waals surface area contributed by atoms with E-state index in [0.717, 1.165) is 22.4 Å². The number of fused-ring (bicyclic) bond motifs is 3. The van der Waals surface area contributed by atoms with E-state index in [1.54, 1.807) is 4.52 Å². The first-order valence-corrected chi connectivity index (χ1v) is 9.94. The van der Waals surface area contributed by atoms with Gasteiger partial charge in [-0.15, -0.1) is 0 Å². The molecule has 2 aromatic heterocycles. The van der Waals surface area contributed by atoms with Gasteiger partial charge in [0.05, 0.1) is 22.7 Å². The zero-order valence-corrected chi connectivity index (χ0v) is 15.0. The maximum atomic E-state index is 11.8. The molecule has 0 aliphatic carbocycles. The molecule has 4 rings (SSSR count). The highest BCUT2D eigenvalue weighted by Gasteiger charge is 2.32. The minimum atomic E-state index is -2.96. The average Bonchev–Trinajstić information content (AvgIpc) is 3.06. The van der Waals surface area contributed by atoms with Gasteiger partial charge in [0.25, 0.3) is 0 Å². The number of sulfone groups is 1. The molecule has 1 saturated heterocycles. The average molecular weight is 365 g/mol. The molecular formula is C16H17ClN4O2S. The summed E-state index contributed by atoms with van der Waals surface area (Å²) in [6, 6.07) is 7.75. The van der Waals surface area contributed by atoms with Crippen LogP contribution in [-0.2, 0) is 9.84 Å². The van der Waals surface area contributed by atoms with Gasteiger partial charge in [-0.25, -0.2) is 17.9 Å². The number of anilines is 1.